The number of pyridine rings is 1. The molecule has 0 saturated carbocycles. The monoisotopic (exact) mass is 422 g/mol. The van der Waals surface area contributed by atoms with Crippen LogP contribution in [0.25, 0.3) is 10.9 Å². The van der Waals surface area contributed by atoms with Crippen LogP contribution < -0.4 is 0 Å². The van der Waals surface area contributed by atoms with Gasteiger partial charge in [-0.3, -0.25) is 9.78 Å². The average molecular weight is 422 g/mol. The van der Waals surface area contributed by atoms with Crippen molar-refractivity contribution in [1.82, 2.24) is 9.88 Å². The van der Waals surface area contributed by atoms with E-state index in [-0.39, 0.29) is 19.7 Å². The molecule has 0 bridgehead atoms. The van der Waals surface area contributed by atoms with E-state index < -0.39 is 29.1 Å². The molecule has 0 radical (unpaired) electrons. The standard InChI is InChI=1S/C24H20F2N2O3/c1-3-11-31-24(30)21-15-12-14(2)7-8-19(15)27-20-9-10-28(13-16(20)21)23(29)22-17(25)5-4-6-18(22)26/h3-8,12H,1,9-11,13H2,2H3. The second kappa shape index (κ2) is 8.26. The van der Waals surface area contributed by atoms with Gasteiger partial charge in [0.15, 0.2) is 0 Å². The second-order valence-corrected chi connectivity index (χ2v) is 7.39. The predicted octanol–water partition coefficient (Wildman–Crippen LogP) is 4.36. The molecule has 2 heterocycles. The first-order chi connectivity index (χ1) is 14.9. The van der Waals surface area contributed by atoms with Gasteiger partial charge in [0.25, 0.3) is 5.91 Å². The van der Waals surface area contributed by atoms with Gasteiger partial charge < -0.3 is 9.64 Å². The largest absolute Gasteiger partial charge is 0.458 e. The summed E-state index contributed by atoms with van der Waals surface area (Å²) in [4.78, 5) is 31.9. The van der Waals surface area contributed by atoms with E-state index in [1.54, 1.807) is 0 Å². The smallest absolute Gasteiger partial charge is 0.339 e. The van der Waals surface area contributed by atoms with Crippen LogP contribution >= 0.6 is 0 Å². The zero-order valence-corrected chi connectivity index (χ0v) is 17.0. The van der Waals surface area contributed by atoms with Crippen molar-refractivity contribution in [1.29, 1.82) is 0 Å². The van der Waals surface area contributed by atoms with E-state index in [2.05, 4.69) is 11.6 Å². The van der Waals surface area contributed by atoms with Crippen molar-refractivity contribution in [3.8, 4) is 0 Å². The highest BCUT2D eigenvalue weighted by Crippen LogP contribution is 2.30. The fourth-order valence-corrected chi connectivity index (χ4v) is 3.83. The maximum Gasteiger partial charge on any atom is 0.339 e. The summed E-state index contributed by atoms with van der Waals surface area (Å²) in [5.74, 6) is -3.17. The number of rotatable bonds is 4. The molecule has 1 aromatic heterocycles. The van der Waals surface area contributed by atoms with Crippen molar-refractivity contribution in [2.75, 3.05) is 13.2 Å². The number of hydrogen-bond donors (Lipinski definition) is 0. The van der Waals surface area contributed by atoms with E-state index >= 15 is 0 Å². The molecule has 1 aliphatic rings. The van der Waals surface area contributed by atoms with Crippen molar-refractivity contribution in [3.63, 3.8) is 0 Å². The number of carbonyl (C=O) groups excluding carboxylic acids is 2. The summed E-state index contributed by atoms with van der Waals surface area (Å²) in [6.07, 6.45) is 1.82. The second-order valence-electron chi connectivity index (χ2n) is 7.39. The van der Waals surface area contributed by atoms with Crippen LogP contribution in [0.1, 0.15) is 37.5 Å². The number of carbonyl (C=O) groups is 2. The fraction of sp³-hybridized carbons (Fsp3) is 0.208. The number of esters is 1. The van der Waals surface area contributed by atoms with Gasteiger partial charge in [0.1, 0.15) is 23.8 Å². The van der Waals surface area contributed by atoms with Gasteiger partial charge in [-0.2, -0.15) is 0 Å². The summed E-state index contributed by atoms with van der Waals surface area (Å²) >= 11 is 0. The summed E-state index contributed by atoms with van der Waals surface area (Å²) in [7, 11) is 0. The van der Waals surface area contributed by atoms with Crippen LogP contribution in [0.5, 0.6) is 0 Å². The lowest BCUT2D eigenvalue weighted by Gasteiger charge is -2.30. The minimum Gasteiger partial charge on any atom is -0.458 e. The van der Waals surface area contributed by atoms with Gasteiger partial charge in [-0.05, 0) is 31.2 Å². The van der Waals surface area contributed by atoms with Crippen molar-refractivity contribution in [2.24, 2.45) is 0 Å². The molecule has 158 valence electrons. The molecule has 5 nitrogen and oxygen atoms in total. The van der Waals surface area contributed by atoms with Gasteiger partial charge in [-0.25, -0.2) is 13.6 Å². The molecule has 3 aromatic rings. The Balaban J connectivity index is 1.81. The zero-order chi connectivity index (χ0) is 22.1. The summed E-state index contributed by atoms with van der Waals surface area (Å²) in [5, 5.41) is 0.610. The summed E-state index contributed by atoms with van der Waals surface area (Å²) in [6, 6.07) is 8.87. The van der Waals surface area contributed by atoms with Crippen LogP contribution in [-0.4, -0.2) is 34.9 Å². The predicted molar refractivity (Wildman–Crippen MR) is 112 cm³/mol. The van der Waals surface area contributed by atoms with Crippen molar-refractivity contribution >= 4 is 22.8 Å². The number of halogens is 2. The molecule has 0 fully saturated rings. The number of aromatic nitrogens is 1. The highest BCUT2D eigenvalue weighted by atomic mass is 19.1. The SMILES string of the molecule is C=CCOC(=O)c1c2c(nc3ccc(C)cc13)CCN(C(=O)c1c(F)cccc1F)C2. The van der Waals surface area contributed by atoms with E-state index in [0.717, 1.165) is 17.7 Å². The van der Waals surface area contributed by atoms with Crippen LogP contribution in [0.15, 0.2) is 49.1 Å². The lowest BCUT2D eigenvalue weighted by Crippen LogP contribution is -2.38. The Bertz CT molecular complexity index is 1200. The van der Waals surface area contributed by atoms with Crippen LogP contribution in [0.2, 0.25) is 0 Å². The third-order valence-electron chi connectivity index (χ3n) is 5.29. The normalized spacial score (nSPS) is 13.1. The van der Waals surface area contributed by atoms with E-state index in [0.29, 0.717) is 34.1 Å². The minimum atomic E-state index is -0.923. The molecule has 0 spiro atoms. The van der Waals surface area contributed by atoms with Crippen LogP contribution in [0.3, 0.4) is 0 Å². The molecule has 0 saturated heterocycles. The Labute approximate surface area is 178 Å². The van der Waals surface area contributed by atoms with Crippen LogP contribution in [-0.2, 0) is 17.7 Å². The quantitative estimate of drug-likeness (QED) is 0.463. The number of benzene rings is 2. The van der Waals surface area contributed by atoms with Gasteiger partial charge in [-0.1, -0.05) is 30.4 Å². The van der Waals surface area contributed by atoms with Gasteiger partial charge in [-0.15, -0.1) is 0 Å². The molecule has 1 aliphatic heterocycles. The highest BCUT2D eigenvalue weighted by molar-refractivity contribution is 6.05. The maximum atomic E-state index is 14.2. The Hall–Kier alpha value is -3.61. The van der Waals surface area contributed by atoms with Crippen molar-refractivity contribution in [2.45, 2.75) is 19.9 Å². The van der Waals surface area contributed by atoms with E-state index in [9.17, 15) is 18.4 Å². The molecule has 0 aliphatic carbocycles. The lowest BCUT2D eigenvalue weighted by atomic mass is 9.94. The Morgan fingerprint density at radius 1 is 1.19 bits per heavy atom. The van der Waals surface area contributed by atoms with Crippen molar-refractivity contribution in [3.05, 3.63) is 88.6 Å². The average Bonchev–Trinajstić information content (AvgIpc) is 2.75. The molecular formula is C24H20F2N2O3. The van der Waals surface area contributed by atoms with E-state index in [4.69, 9.17) is 4.74 Å². The number of fused-ring (bicyclic) bond motifs is 2. The number of amides is 1. The molecule has 0 unspecified atom stereocenters. The number of nitrogens with zero attached hydrogens (tertiary/aromatic N) is 2. The molecule has 31 heavy (non-hydrogen) atoms. The summed E-state index contributed by atoms with van der Waals surface area (Å²) in [5.41, 5.74) is 2.49. The zero-order valence-electron chi connectivity index (χ0n) is 17.0. The van der Waals surface area contributed by atoms with E-state index in [1.165, 1.54) is 17.0 Å². The van der Waals surface area contributed by atoms with Gasteiger partial charge in [0.2, 0.25) is 0 Å². The highest BCUT2D eigenvalue weighted by Gasteiger charge is 2.31. The third kappa shape index (κ3) is 3.79. The molecule has 2 aromatic carbocycles. The summed E-state index contributed by atoms with van der Waals surface area (Å²) < 4.78 is 33.6. The topological polar surface area (TPSA) is 59.5 Å². The van der Waals surface area contributed by atoms with E-state index in [1.807, 2.05) is 25.1 Å². The number of hydrogen-bond acceptors (Lipinski definition) is 4. The number of aryl methyl sites for hydroxylation is 1. The lowest BCUT2D eigenvalue weighted by molar-refractivity contribution is 0.0544. The maximum absolute atomic E-state index is 14.2. The first-order valence-corrected chi connectivity index (χ1v) is 9.84. The van der Waals surface area contributed by atoms with Gasteiger partial charge in [0.05, 0.1) is 11.1 Å². The Morgan fingerprint density at radius 3 is 2.65 bits per heavy atom. The minimum absolute atomic E-state index is 0.00263. The molecule has 0 N–H and O–H groups in total. The number of ether oxygens (including phenoxy) is 1. The van der Waals surface area contributed by atoms with Gasteiger partial charge >= 0.3 is 5.97 Å². The van der Waals surface area contributed by atoms with Crippen LogP contribution in [0.4, 0.5) is 8.78 Å². The van der Waals surface area contributed by atoms with Crippen molar-refractivity contribution < 1.29 is 23.1 Å². The Kier molecular flexibility index (Phi) is 5.50. The summed E-state index contributed by atoms with van der Waals surface area (Å²) in [6.45, 7) is 5.72. The van der Waals surface area contributed by atoms with Crippen LogP contribution in [0, 0.1) is 18.6 Å². The molecule has 1 amide bonds. The van der Waals surface area contributed by atoms with Gasteiger partial charge in [0, 0.05) is 36.2 Å². The first-order valence-electron chi connectivity index (χ1n) is 9.84. The molecule has 4 rings (SSSR count). The Morgan fingerprint density at radius 2 is 1.94 bits per heavy atom. The fourth-order valence-electron chi connectivity index (χ4n) is 3.83. The molecular weight excluding hydrogens is 402 g/mol. The first kappa shape index (κ1) is 20.7. The molecule has 7 heteroatoms. The molecule has 0 atom stereocenters. The third-order valence-corrected chi connectivity index (χ3v) is 5.29.